The smallest absolute Gasteiger partial charge is 0.0454 e. The fourth-order valence-corrected chi connectivity index (χ4v) is 1.85. The van der Waals surface area contributed by atoms with Crippen LogP contribution < -0.4 is 0 Å². The molecule has 0 aromatic heterocycles. The molecule has 2 rings (SSSR count). The number of nitrogens with zero attached hydrogens (tertiary/aromatic N) is 3. The molecular weight excluding hydrogens is 266 g/mol. The predicted octanol–water partition coefficient (Wildman–Crippen LogP) is 5.06. The molecule has 2 aromatic carbocycles. The van der Waals surface area contributed by atoms with E-state index in [0.29, 0.717) is 5.69 Å². The van der Waals surface area contributed by atoms with Gasteiger partial charge in [0.05, 0.1) is 0 Å². The van der Waals surface area contributed by atoms with Gasteiger partial charge in [0.1, 0.15) is 0 Å². The summed E-state index contributed by atoms with van der Waals surface area (Å²) in [5, 5.41) is 3.68. The molecule has 0 saturated heterocycles. The molecule has 0 aliphatic carbocycles. The Bertz CT molecular complexity index is 545. The van der Waals surface area contributed by atoms with Crippen molar-refractivity contribution < 1.29 is 0 Å². The van der Waals surface area contributed by atoms with Gasteiger partial charge in [0, 0.05) is 15.1 Å². The van der Waals surface area contributed by atoms with E-state index < -0.39 is 0 Å². The molecule has 0 amide bonds. The molecule has 2 aromatic rings. The topological polar surface area (TPSA) is 48.8 Å². The van der Waals surface area contributed by atoms with Crippen molar-refractivity contribution in [3.05, 3.63) is 63.4 Å². The van der Waals surface area contributed by atoms with E-state index in [1.165, 1.54) is 0 Å². The monoisotopic (exact) mass is 273 g/mol. The first kappa shape index (κ1) is 10.7. The molecule has 0 atom stereocenters. The molecule has 0 bridgehead atoms. The number of benzene rings is 2. The molecule has 78 valence electrons. The van der Waals surface area contributed by atoms with E-state index in [2.05, 4.69) is 26.0 Å². The van der Waals surface area contributed by atoms with Crippen LogP contribution in [0.3, 0.4) is 0 Å². The number of rotatable bonds is 2. The molecule has 4 heteroatoms. The molecule has 0 heterocycles. The number of hydrogen-bond acceptors (Lipinski definition) is 1. The van der Waals surface area contributed by atoms with E-state index in [1.807, 2.05) is 42.5 Å². The zero-order valence-electron chi connectivity index (χ0n) is 8.34. The third kappa shape index (κ3) is 2.24. The number of halogens is 1. The Kier molecular flexibility index (Phi) is 3.25. The van der Waals surface area contributed by atoms with Crippen LogP contribution in [0.25, 0.3) is 21.6 Å². The van der Waals surface area contributed by atoms with E-state index in [4.69, 9.17) is 5.53 Å². The summed E-state index contributed by atoms with van der Waals surface area (Å²) in [6, 6.07) is 15.4. The normalized spacial score (nSPS) is 9.56. The molecule has 3 nitrogen and oxygen atoms in total. The van der Waals surface area contributed by atoms with Crippen molar-refractivity contribution in [1.29, 1.82) is 0 Å². The first-order valence-electron chi connectivity index (χ1n) is 4.71. The second-order valence-electron chi connectivity index (χ2n) is 3.22. The Morgan fingerprint density at radius 1 is 1.06 bits per heavy atom. The van der Waals surface area contributed by atoms with Crippen molar-refractivity contribution in [2.24, 2.45) is 5.11 Å². The fraction of sp³-hybridized carbons (Fsp3) is 0. The Morgan fingerprint density at radius 3 is 2.50 bits per heavy atom. The lowest BCUT2D eigenvalue weighted by molar-refractivity contribution is 1.46. The molecular formula is C12H8BrN3. The van der Waals surface area contributed by atoms with Gasteiger partial charge in [-0.3, -0.25) is 0 Å². The first-order valence-corrected chi connectivity index (χ1v) is 5.50. The van der Waals surface area contributed by atoms with Crippen LogP contribution in [0.4, 0.5) is 5.69 Å². The van der Waals surface area contributed by atoms with E-state index in [9.17, 15) is 0 Å². The second kappa shape index (κ2) is 4.84. The summed E-state index contributed by atoms with van der Waals surface area (Å²) in [5.41, 5.74) is 11.1. The van der Waals surface area contributed by atoms with Crippen LogP contribution in [-0.2, 0) is 0 Å². The summed E-state index contributed by atoms with van der Waals surface area (Å²) in [7, 11) is 0. The zero-order chi connectivity index (χ0) is 11.4. The minimum Gasteiger partial charge on any atom is -0.0622 e. The zero-order valence-corrected chi connectivity index (χ0v) is 9.92. The van der Waals surface area contributed by atoms with Crippen LogP contribution in [0.5, 0.6) is 0 Å². The molecule has 0 fully saturated rings. The standard InChI is InChI=1S/C12H8BrN3/c13-10-6-7-12(15-16-14)11(8-10)9-4-2-1-3-5-9/h1-8H. The van der Waals surface area contributed by atoms with Gasteiger partial charge in [-0.15, -0.1) is 0 Å². The lowest BCUT2D eigenvalue weighted by Crippen LogP contribution is -1.78. The molecule has 0 aliphatic heterocycles. The van der Waals surface area contributed by atoms with Crippen LogP contribution >= 0.6 is 15.9 Å². The van der Waals surface area contributed by atoms with Gasteiger partial charge in [0.25, 0.3) is 0 Å². The quantitative estimate of drug-likeness (QED) is 0.417. The number of hydrogen-bond donors (Lipinski definition) is 0. The van der Waals surface area contributed by atoms with Crippen LogP contribution in [-0.4, -0.2) is 0 Å². The molecule has 0 spiro atoms. The minimum absolute atomic E-state index is 0.636. The lowest BCUT2D eigenvalue weighted by Gasteiger charge is -2.05. The average molecular weight is 274 g/mol. The molecule has 0 radical (unpaired) electrons. The summed E-state index contributed by atoms with van der Waals surface area (Å²) in [6.07, 6.45) is 0. The highest BCUT2D eigenvalue weighted by Crippen LogP contribution is 2.32. The summed E-state index contributed by atoms with van der Waals surface area (Å²) in [4.78, 5) is 2.83. The van der Waals surface area contributed by atoms with Crippen molar-refractivity contribution in [3.63, 3.8) is 0 Å². The maximum atomic E-state index is 8.51. The number of azide groups is 1. The van der Waals surface area contributed by atoms with Gasteiger partial charge in [-0.25, -0.2) is 0 Å². The summed E-state index contributed by atoms with van der Waals surface area (Å²) < 4.78 is 0.961. The highest BCUT2D eigenvalue weighted by Gasteiger charge is 2.03. The molecule has 0 N–H and O–H groups in total. The van der Waals surface area contributed by atoms with Crippen LogP contribution in [0.2, 0.25) is 0 Å². The summed E-state index contributed by atoms with van der Waals surface area (Å²) in [6.45, 7) is 0. The third-order valence-corrected chi connectivity index (χ3v) is 2.69. The lowest BCUT2D eigenvalue weighted by atomic mass is 10.0. The van der Waals surface area contributed by atoms with Gasteiger partial charge in [0.15, 0.2) is 0 Å². The van der Waals surface area contributed by atoms with Gasteiger partial charge in [-0.05, 0) is 28.8 Å². The largest absolute Gasteiger partial charge is 0.0622 e. The molecule has 0 aliphatic rings. The first-order chi connectivity index (χ1) is 7.81. The Labute approximate surface area is 101 Å². The summed E-state index contributed by atoms with van der Waals surface area (Å²) in [5.74, 6) is 0. The van der Waals surface area contributed by atoms with Crippen molar-refractivity contribution in [3.8, 4) is 11.1 Å². The van der Waals surface area contributed by atoms with Gasteiger partial charge in [-0.1, -0.05) is 57.4 Å². The van der Waals surface area contributed by atoms with Gasteiger partial charge >= 0.3 is 0 Å². The van der Waals surface area contributed by atoms with E-state index in [-0.39, 0.29) is 0 Å². The molecule has 0 unspecified atom stereocenters. The Morgan fingerprint density at radius 2 is 1.81 bits per heavy atom. The van der Waals surface area contributed by atoms with Gasteiger partial charge in [0.2, 0.25) is 0 Å². The van der Waals surface area contributed by atoms with E-state index in [1.54, 1.807) is 6.07 Å². The fourth-order valence-electron chi connectivity index (χ4n) is 1.49. The highest BCUT2D eigenvalue weighted by atomic mass is 79.9. The van der Waals surface area contributed by atoms with Crippen LogP contribution in [0.1, 0.15) is 0 Å². The van der Waals surface area contributed by atoms with Gasteiger partial charge < -0.3 is 0 Å². The van der Waals surface area contributed by atoms with Crippen molar-refractivity contribution in [2.75, 3.05) is 0 Å². The average Bonchev–Trinajstić information content (AvgIpc) is 2.33. The Hall–Kier alpha value is -1.77. The van der Waals surface area contributed by atoms with Gasteiger partial charge in [-0.2, -0.15) is 0 Å². The van der Waals surface area contributed by atoms with Crippen LogP contribution in [0, 0.1) is 0 Å². The van der Waals surface area contributed by atoms with Crippen LogP contribution in [0.15, 0.2) is 58.1 Å². The van der Waals surface area contributed by atoms with Crippen molar-refractivity contribution in [2.45, 2.75) is 0 Å². The highest BCUT2D eigenvalue weighted by molar-refractivity contribution is 9.10. The molecule has 0 saturated carbocycles. The third-order valence-electron chi connectivity index (χ3n) is 2.20. The van der Waals surface area contributed by atoms with Crippen molar-refractivity contribution in [1.82, 2.24) is 0 Å². The maximum absolute atomic E-state index is 8.51. The summed E-state index contributed by atoms with van der Waals surface area (Å²) >= 11 is 3.41. The predicted molar refractivity (Wildman–Crippen MR) is 68.4 cm³/mol. The van der Waals surface area contributed by atoms with E-state index in [0.717, 1.165) is 15.6 Å². The van der Waals surface area contributed by atoms with E-state index >= 15 is 0 Å². The maximum Gasteiger partial charge on any atom is 0.0454 e. The second-order valence-corrected chi connectivity index (χ2v) is 4.13. The van der Waals surface area contributed by atoms with Crippen molar-refractivity contribution >= 4 is 21.6 Å². The molecule has 16 heavy (non-hydrogen) atoms. The SMILES string of the molecule is [N-]=[N+]=Nc1ccc(Br)cc1-c1ccccc1. The minimum atomic E-state index is 0.636. The Balaban J connectivity index is 2.62.